The van der Waals surface area contributed by atoms with Gasteiger partial charge in [0, 0.05) is 11.8 Å². The zero-order valence-electron chi connectivity index (χ0n) is 11.0. The number of hydrogen-bond acceptors (Lipinski definition) is 5. The Morgan fingerprint density at radius 2 is 2.16 bits per heavy atom. The van der Waals surface area contributed by atoms with Gasteiger partial charge in [-0.25, -0.2) is 8.42 Å². The van der Waals surface area contributed by atoms with Crippen molar-refractivity contribution >= 4 is 15.9 Å². The fourth-order valence-corrected chi connectivity index (χ4v) is 2.00. The highest BCUT2D eigenvalue weighted by molar-refractivity contribution is 7.95. The topological polar surface area (TPSA) is 76.4 Å². The predicted molar refractivity (Wildman–Crippen MR) is 72.6 cm³/mol. The van der Waals surface area contributed by atoms with E-state index >= 15 is 0 Å². The quantitative estimate of drug-likeness (QED) is 0.771. The van der Waals surface area contributed by atoms with Gasteiger partial charge in [0.1, 0.15) is 11.0 Å². The number of ether oxygens (including phenoxy) is 2. The number of nitrogens with zero attached hydrogens (tertiary/aromatic N) is 1. The molecule has 0 heterocycles. The molecule has 1 rings (SSSR count). The molecule has 0 N–H and O–H groups in total. The van der Waals surface area contributed by atoms with Crippen molar-refractivity contribution < 1.29 is 17.9 Å². The van der Waals surface area contributed by atoms with Crippen molar-refractivity contribution in [1.29, 1.82) is 5.26 Å². The molecule has 5 nitrogen and oxygen atoms in total. The van der Waals surface area contributed by atoms with Gasteiger partial charge in [0.15, 0.2) is 21.3 Å². The van der Waals surface area contributed by atoms with Crippen LogP contribution in [0.4, 0.5) is 0 Å². The molecule has 0 radical (unpaired) electrons. The van der Waals surface area contributed by atoms with Crippen LogP contribution in [0.2, 0.25) is 0 Å². The number of hydrogen-bond donors (Lipinski definition) is 0. The lowest BCUT2D eigenvalue weighted by Gasteiger charge is -2.11. The fraction of sp³-hybridized carbons (Fsp3) is 0.308. The molecule has 6 heteroatoms. The van der Waals surface area contributed by atoms with E-state index in [0.29, 0.717) is 23.7 Å². The molecule has 0 atom stereocenters. The van der Waals surface area contributed by atoms with Crippen LogP contribution in [-0.4, -0.2) is 28.4 Å². The Morgan fingerprint density at radius 3 is 2.63 bits per heavy atom. The minimum atomic E-state index is -3.56. The zero-order chi connectivity index (χ0) is 14.5. The predicted octanol–water partition coefficient (Wildman–Crippen LogP) is 2.00. The van der Waals surface area contributed by atoms with Gasteiger partial charge in [0.25, 0.3) is 0 Å². The number of allylic oxidation sites excluding steroid dienone is 1. The molecule has 102 valence electrons. The molecule has 0 aliphatic rings. The average molecular weight is 281 g/mol. The monoisotopic (exact) mass is 281 g/mol. The molecule has 19 heavy (non-hydrogen) atoms. The Hall–Kier alpha value is -2.00. The highest BCUT2D eigenvalue weighted by Gasteiger charge is 2.14. The van der Waals surface area contributed by atoms with Crippen molar-refractivity contribution in [1.82, 2.24) is 0 Å². The number of benzene rings is 1. The van der Waals surface area contributed by atoms with Gasteiger partial charge in [-0.15, -0.1) is 0 Å². The van der Waals surface area contributed by atoms with E-state index in [2.05, 4.69) is 0 Å². The van der Waals surface area contributed by atoms with Gasteiger partial charge in [-0.2, -0.15) is 5.26 Å². The summed E-state index contributed by atoms with van der Waals surface area (Å²) in [5, 5.41) is 8.89. The number of methoxy groups -OCH3 is 1. The second-order valence-corrected chi connectivity index (χ2v) is 5.69. The lowest BCUT2D eigenvalue weighted by atomic mass is 10.1. The first-order valence-corrected chi connectivity index (χ1v) is 7.44. The summed E-state index contributed by atoms with van der Waals surface area (Å²) in [6.07, 6.45) is 2.26. The van der Waals surface area contributed by atoms with Crippen LogP contribution in [0, 0.1) is 11.3 Å². The lowest BCUT2D eigenvalue weighted by Crippen LogP contribution is -2.00. The maximum Gasteiger partial charge on any atom is 0.185 e. The molecule has 1 aromatic carbocycles. The van der Waals surface area contributed by atoms with Gasteiger partial charge in [0.2, 0.25) is 0 Å². The summed E-state index contributed by atoms with van der Waals surface area (Å²) >= 11 is 0. The summed E-state index contributed by atoms with van der Waals surface area (Å²) < 4.78 is 33.4. The van der Waals surface area contributed by atoms with Gasteiger partial charge in [-0.3, -0.25) is 0 Å². The van der Waals surface area contributed by atoms with E-state index in [-0.39, 0.29) is 4.91 Å². The Bertz CT molecular complexity index is 627. The fourth-order valence-electron chi connectivity index (χ4n) is 1.50. The van der Waals surface area contributed by atoms with Crippen LogP contribution in [-0.2, 0) is 9.84 Å². The van der Waals surface area contributed by atoms with E-state index in [4.69, 9.17) is 14.7 Å². The van der Waals surface area contributed by atoms with Gasteiger partial charge in [-0.1, -0.05) is 12.1 Å². The summed E-state index contributed by atoms with van der Waals surface area (Å²) in [6, 6.07) is 6.75. The zero-order valence-corrected chi connectivity index (χ0v) is 11.8. The summed E-state index contributed by atoms with van der Waals surface area (Å²) in [5.74, 6) is 0.908. The average Bonchev–Trinajstić information content (AvgIpc) is 2.35. The highest BCUT2D eigenvalue weighted by atomic mass is 32.2. The standard InChI is InChI=1S/C13H15NO4S/c1-4-18-12-7-5-6-10(13(12)17-2)8-11(9-14)19(3,15)16/h5-8H,4H2,1-3H3. The summed E-state index contributed by atoms with van der Waals surface area (Å²) in [6.45, 7) is 2.29. The van der Waals surface area contributed by atoms with Crippen LogP contribution in [0.25, 0.3) is 6.08 Å². The van der Waals surface area contributed by atoms with Gasteiger partial charge >= 0.3 is 0 Å². The first kappa shape index (κ1) is 15.1. The third kappa shape index (κ3) is 3.73. The van der Waals surface area contributed by atoms with E-state index < -0.39 is 9.84 Å². The van der Waals surface area contributed by atoms with Gasteiger partial charge < -0.3 is 9.47 Å². The molecule has 0 aliphatic carbocycles. The largest absolute Gasteiger partial charge is 0.492 e. The number of para-hydroxylation sites is 1. The van der Waals surface area contributed by atoms with Gasteiger partial charge in [-0.05, 0) is 19.1 Å². The molecule has 0 saturated carbocycles. The van der Waals surface area contributed by atoms with Crippen LogP contribution in [0.15, 0.2) is 23.1 Å². The van der Waals surface area contributed by atoms with E-state index in [0.717, 1.165) is 6.26 Å². The minimum Gasteiger partial charge on any atom is -0.492 e. The molecule has 0 unspecified atom stereocenters. The molecule has 1 aromatic rings. The smallest absolute Gasteiger partial charge is 0.185 e. The molecule has 0 saturated heterocycles. The SMILES string of the molecule is CCOc1cccc(C=C(C#N)S(C)(=O)=O)c1OC. The van der Waals surface area contributed by atoms with Crippen molar-refractivity contribution in [2.24, 2.45) is 0 Å². The number of rotatable bonds is 5. The molecule has 0 fully saturated rings. The van der Waals surface area contributed by atoms with Crippen LogP contribution < -0.4 is 9.47 Å². The maximum absolute atomic E-state index is 11.4. The van der Waals surface area contributed by atoms with Crippen LogP contribution in [0.3, 0.4) is 0 Å². The Morgan fingerprint density at radius 1 is 1.47 bits per heavy atom. The third-order valence-corrected chi connectivity index (χ3v) is 3.32. The molecule has 0 aliphatic heterocycles. The van der Waals surface area contributed by atoms with Crippen molar-refractivity contribution in [3.05, 3.63) is 28.7 Å². The normalized spacial score (nSPS) is 11.8. The number of sulfone groups is 1. The maximum atomic E-state index is 11.4. The van der Waals surface area contributed by atoms with Crippen molar-refractivity contribution in [2.45, 2.75) is 6.92 Å². The summed E-state index contributed by atoms with van der Waals surface area (Å²) in [7, 11) is -2.10. The summed E-state index contributed by atoms with van der Waals surface area (Å²) in [4.78, 5) is -0.320. The second kappa shape index (κ2) is 6.25. The second-order valence-electron chi connectivity index (χ2n) is 3.70. The molecule has 0 bridgehead atoms. The number of nitriles is 1. The van der Waals surface area contributed by atoms with Crippen molar-refractivity contribution in [2.75, 3.05) is 20.0 Å². The molecule has 0 amide bonds. The third-order valence-electron chi connectivity index (χ3n) is 2.31. The summed E-state index contributed by atoms with van der Waals surface area (Å²) in [5.41, 5.74) is 0.482. The first-order chi connectivity index (χ1) is 8.93. The lowest BCUT2D eigenvalue weighted by molar-refractivity contribution is 0.310. The van der Waals surface area contributed by atoms with E-state index in [1.54, 1.807) is 24.3 Å². The van der Waals surface area contributed by atoms with Crippen LogP contribution in [0.5, 0.6) is 11.5 Å². The molecular formula is C13H15NO4S. The molecule has 0 aromatic heterocycles. The van der Waals surface area contributed by atoms with Crippen LogP contribution in [0.1, 0.15) is 12.5 Å². The van der Waals surface area contributed by atoms with Crippen LogP contribution >= 0.6 is 0 Å². The molecular weight excluding hydrogens is 266 g/mol. The highest BCUT2D eigenvalue weighted by Crippen LogP contribution is 2.32. The Labute approximate surface area is 113 Å². The molecule has 0 spiro atoms. The Balaban J connectivity index is 3.40. The Kier molecular flexibility index (Phi) is 4.95. The van der Waals surface area contributed by atoms with Gasteiger partial charge in [0.05, 0.1) is 13.7 Å². The van der Waals surface area contributed by atoms with Crippen molar-refractivity contribution in [3.63, 3.8) is 0 Å². The van der Waals surface area contributed by atoms with E-state index in [1.807, 2.05) is 6.92 Å². The minimum absolute atomic E-state index is 0.320. The van der Waals surface area contributed by atoms with E-state index in [1.165, 1.54) is 13.2 Å². The first-order valence-electron chi connectivity index (χ1n) is 5.55. The van der Waals surface area contributed by atoms with E-state index in [9.17, 15) is 8.42 Å². The van der Waals surface area contributed by atoms with Crippen molar-refractivity contribution in [3.8, 4) is 17.6 Å².